The van der Waals surface area contributed by atoms with Gasteiger partial charge >= 0.3 is 0 Å². The molecular formula is C20H18F2N2O2S. The van der Waals surface area contributed by atoms with Crippen LogP contribution in [-0.2, 0) is 11.2 Å². The van der Waals surface area contributed by atoms with E-state index in [2.05, 4.69) is 9.97 Å². The number of aromatic nitrogens is 2. The third-order valence-electron chi connectivity index (χ3n) is 4.14. The van der Waals surface area contributed by atoms with Crippen molar-refractivity contribution in [3.63, 3.8) is 0 Å². The zero-order valence-electron chi connectivity index (χ0n) is 14.7. The smallest absolute Gasteiger partial charge is 0.259 e. The quantitative estimate of drug-likeness (QED) is 0.374. The molecule has 7 heteroatoms. The predicted molar refractivity (Wildman–Crippen MR) is 102 cm³/mol. The molecule has 1 aromatic heterocycles. The number of aryl methyl sites for hydroxylation is 1. The van der Waals surface area contributed by atoms with Gasteiger partial charge in [-0.1, -0.05) is 30.0 Å². The maximum Gasteiger partial charge on any atom is 0.259 e. The monoisotopic (exact) mass is 388 g/mol. The van der Waals surface area contributed by atoms with E-state index in [9.17, 15) is 18.4 Å². The second kappa shape index (κ2) is 8.43. The van der Waals surface area contributed by atoms with Gasteiger partial charge in [-0.15, -0.1) is 0 Å². The lowest BCUT2D eigenvalue weighted by atomic mass is 10.1. The second-order valence-corrected chi connectivity index (χ2v) is 7.34. The van der Waals surface area contributed by atoms with E-state index in [1.165, 1.54) is 23.9 Å². The highest BCUT2D eigenvalue weighted by Gasteiger charge is 2.11. The Morgan fingerprint density at radius 3 is 2.63 bits per heavy atom. The summed E-state index contributed by atoms with van der Waals surface area (Å²) in [5.74, 6) is -0.193. The van der Waals surface area contributed by atoms with Crippen LogP contribution >= 0.6 is 11.8 Å². The second-order valence-electron chi connectivity index (χ2n) is 6.26. The van der Waals surface area contributed by atoms with Crippen LogP contribution in [0, 0.1) is 18.6 Å². The first-order chi connectivity index (χ1) is 12.9. The summed E-state index contributed by atoms with van der Waals surface area (Å²) in [6, 6.07) is 8.98. The summed E-state index contributed by atoms with van der Waals surface area (Å²) in [6.07, 6.45) is 1.24. The Kier molecular flexibility index (Phi) is 6.01. The van der Waals surface area contributed by atoms with E-state index in [0.29, 0.717) is 29.3 Å². The molecule has 2 aromatic carbocycles. The van der Waals surface area contributed by atoms with Gasteiger partial charge in [-0.2, -0.15) is 0 Å². The molecule has 3 rings (SSSR count). The molecule has 0 amide bonds. The van der Waals surface area contributed by atoms with E-state index in [4.69, 9.17) is 0 Å². The summed E-state index contributed by atoms with van der Waals surface area (Å²) in [5.41, 5.74) is 0.894. The van der Waals surface area contributed by atoms with Crippen molar-refractivity contribution in [2.24, 2.45) is 0 Å². The first-order valence-electron chi connectivity index (χ1n) is 8.52. The van der Waals surface area contributed by atoms with Crippen molar-refractivity contribution in [2.45, 2.75) is 31.3 Å². The molecule has 140 valence electrons. The fourth-order valence-corrected chi connectivity index (χ4v) is 3.48. The molecule has 0 atom stereocenters. The van der Waals surface area contributed by atoms with Crippen LogP contribution in [0.3, 0.4) is 0 Å². The Bertz CT molecular complexity index is 1030. The molecular weight excluding hydrogens is 370 g/mol. The number of nitrogens with zero attached hydrogens (tertiary/aromatic N) is 1. The molecule has 27 heavy (non-hydrogen) atoms. The summed E-state index contributed by atoms with van der Waals surface area (Å²) < 4.78 is 27.1. The van der Waals surface area contributed by atoms with E-state index >= 15 is 0 Å². The van der Waals surface area contributed by atoms with Crippen molar-refractivity contribution in [3.8, 4) is 0 Å². The van der Waals surface area contributed by atoms with Crippen LogP contribution in [0.4, 0.5) is 8.78 Å². The van der Waals surface area contributed by atoms with Crippen LogP contribution < -0.4 is 5.56 Å². The van der Waals surface area contributed by atoms with Gasteiger partial charge < -0.3 is 4.98 Å². The highest BCUT2D eigenvalue weighted by molar-refractivity contribution is 7.99. The van der Waals surface area contributed by atoms with E-state index < -0.39 is 5.82 Å². The number of carbonyl (C=O) groups is 1. The molecule has 1 N–H and O–H groups in total. The Hall–Kier alpha value is -2.54. The van der Waals surface area contributed by atoms with Gasteiger partial charge in [-0.25, -0.2) is 13.8 Å². The van der Waals surface area contributed by atoms with Crippen molar-refractivity contribution in [3.05, 3.63) is 69.5 Å². The van der Waals surface area contributed by atoms with Crippen LogP contribution in [0.1, 0.15) is 24.0 Å². The third kappa shape index (κ3) is 4.80. The molecule has 0 aliphatic carbocycles. The molecule has 0 bridgehead atoms. The number of nitrogens with one attached hydrogen (secondary N) is 1. The molecule has 0 radical (unpaired) electrons. The van der Waals surface area contributed by atoms with Gasteiger partial charge in [0.05, 0.1) is 5.39 Å². The molecule has 0 unspecified atom stereocenters. The Balaban J connectivity index is 1.56. The van der Waals surface area contributed by atoms with Crippen molar-refractivity contribution in [1.29, 1.82) is 0 Å². The van der Waals surface area contributed by atoms with Gasteiger partial charge in [0.15, 0.2) is 11.0 Å². The summed E-state index contributed by atoms with van der Waals surface area (Å²) >= 11 is 1.28. The van der Waals surface area contributed by atoms with E-state index in [0.717, 1.165) is 5.56 Å². The van der Waals surface area contributed by atoms with Crippen LogP contribution in [0.5, 0.6) is 0 Å². The molecule has 0 fully saturated rings. The number of rotatable bonds is 7. The van der Waals surface area contributed by atoms with Gasteiger partial charge in [0.25, 0.3) is 5.56 Å². The number of halogens is 2. The van der Waals surface area contributed by atoms with Crippen molar-refractivity contribution >= 4 is 28.4 Å². The lowest BCUT2D eigenvalue weighted by molar-refractivity contribution is -0.118. The van der Waals surface area contributed by atoms with Gasteiger partial charge in [0.1, 0.15) is 17.1 Å². The van der Waals surface area contributed by atoms with E-state index in [-0.39, 0.29) is 34.5 Å². The summed E-state index contributed by atoms with van der Waals surface area (Å²) in [4.78, 5) is 30.9. The number of carbonyl (C=O) groups excluding carboxylic acids is 1. The Morgan fingerprint density at radius 2 is 1.89 bits per heavy atom. The lowest BCUT2D eigenvalue weighted by Crippen LogP contribution is -2.11. The van der Waals surface area contributed by atoms with E-state index in [1.807, 2.05) is 0 Å². The van der Waals surface area contributed by atoms with Gasteiger partial charge in [-0.05, 0) is 42.7 Å². The standard InChI is InChI=1S/C20H18F2N2O2S/c1-12-4-9-16-18(17(12)22)23-20(24-19(16)26)27-10-2-3-15(25)11-13-5-7-14(21)8-6-13/h4-9H,2-3,10-11H2,1H3,(H,23,24,26). The van der Waals surface area contributed by atoms with Gasteiger partial charge in [0, 0.05) is 18.6 Å². The summed E-state index contributed by atoms with van der Waals surface area (Å²) in [6.45, 7) is 1.62. The molecule has 0 aliphatic rings. The number of benzene rings is 2. The summed E-state index contributed by atoms with van der Waals surface area (Å²) in [5, 5.41) is 0.555. The predicted octanol–water partition coefficient (Wildman–Crippen LogP) is 4.19. The Labute approximate surface area is 159 Å². The minimum absolute atomic E-state index is 0.0591. The van der Waals surface area contributed by atoms with Crippen LogP contribution in [-0.4, -0.2) is 21.5 Å². The van der Waals surface area contributed by atoms with Gasteiger partial charge in [-0.3, -0.25) is 9.59 Å². The number of thioether (sulfide) groups is 1. The highest BCUT2D eigenvalue weighted by Crippen LogP contribution is 2.20. The SMILES string of the molecule is Cc1ccc2c(=O)[nH]c(SCCCC(=O)Cc3ccc(F)cc3)nc2c1F. The number of fused-ring (bicyclic) bond motifs is 1. The number of ketones is 1. The van der Waals surface area contributed by atoms with Gasteiger partial charge in [0.2, 0.25) is 0 Å². The normalized spacial score (nSPS) is 11.1. The fourth-order valence-electron chi connectivity index (χ4n) is 2.68. The van der Waals surface area contributed by atoms with Crippen molar-refractivity contribution < 1.29 is 13.6 Å². The number of Topliss-reactive ketones (excluding diaryl/α,β-unsaturated/α-hetero) is 1. The fraction of sp³-hybridized carbons (Fsp3) is 0.250. The van der Waals surface area contributed by atoms with Crippen molar-refractivity contribution in [2.75, 3.05) is 5.75 Å². The van der Waals surface area contributed by atoms with E-state index in [1.54, 1.807) is 31.2 Å². The highest BCUT2D eigenvalue weighted by atomic mass is 32.2. The lowest BCUT2D eigenvalue weighted by Gasteiger charge is -2.05. The molecule has 3 aromatic rings. The first kappa shape index (κ1) is 19.2. The van der Waals surface area contributed by atoms with Crippen LogP contribution in [0.2, 0.25) is 0 Å². The first-order valence-corrected chi connectivity index (χ1v) is 9.50. The minimum Gasteiger partial charge on any atom is -0.301 e. The number of hydrogen-bond donors (Lipinski definition) is 1. The number of aromatic amines is 1. The topological polar surface area (TPSA) is 62.8 Å². The average Bonchev–Trinajstić information content (AvgIpc) is 2.64. The average molecular weight is 388 g/mol. The molecule has 1 heterocycles. The van der Waals surface area contributed by atoms with Crippen LogP contribution in [0.15, 0.2) is 46.3 Å². The largest absolute Gasteiger partial charge is 0.301 e. The third-order valence-corrected chi connectivity index (χ3v) is 5.10. The zero-order chi connectivity index (χ0) is 19.4. The molecule has 0 spiro atoms. The number of hydrogen-bond acceptors (Lipinski definition) is 4. The Morgan fingerprint density at radius 1 is 1.15 bits per heavy atom. The molecule has 0 saturated carbocycles. The van der Waals surface area contributed by atoms with Crippen molar-refractivity contribution in [1.82, 2.24) is 9.97 Å². The zero-order valence-corrected chi connectivity index (χ0v) is 15.5. The maximum absolute atomic E-state index is 14.2. The summed E-state index contributed by atoms with van der Waals surface area (Å²) in [7, 11) is 0. The van der Waals surface area contributed by atoms with Crippen LogP contribution in [0.25, 0.3) is 10.9 Å². The minimum atomic E-state index is -0.491. The number of H-pyrrole nitrogens is 1. The maximum atomic E-state index is 14.2. The molecule has 0 saturated heterocycles. The molecule has 0 aliphatic heterocycles. The molecule has 4 nitrogen and oxygen atoms in total.